The highest BCUT2D eigenvalue weighted by Gasteiger charge is 2.40. The second-order valence-electron chi connectivity index (χ2n) is 7.50. The zero-order chi connectivity index (χ0) is 22.6. The molecule has 0 aliphatic heterocycles. The fraction of sp³-hybridized carbons (Fsp3) is 0.167. The quantitative estimate of drug-likeness (QED) is 0.217. The van der Waals surface area contributed by atoms with Crippen molar-refractivity contribution in [1.29, 1.82) is 0 Å². The molecule has 3 aromatic carbocycles. The molecular formula is C24H23ClN3O3P. The van der Waals surface area contributed by atoms with Gasteiger partial charge in [-0.3, -0.25) is 4.57 Å². The lowest BCUT2D eigenvalue weighted by Gasteiger charge is -2.35. The van der Waals surface area contributed by atoms with Gasteiger partial charge in [-0.1, -0.05) is 91.0 Å². The van der Waals surface area contributed by atoms with E-state index >= 15 is 0 Å². The van der Waals surface area contributed by atoms with Gasteiger partial charge in [-0.15, -0.1) is 11.6 Å². The van der Waals surface area contributed by atoms with Crippen molar-refractivity contribution in [3.05, 3.63) is 120 Å². The summed E-state index contributed by atoms with van der Waals surface area (Å²) in [6.07, 6.45) is 1.39. The Kier molecular flexibility index (Phi) is 6.58. The minimum absolute atomic E-state index is 0.0743. The Morgan fingerprint density at radius 1 is 0.844 bits per heavy atom. The van der Waals surface area contributed by atoms with Crippen LogP contribution >= 0.6 is 19.2 Å². The summed E-state index contributed by atoms with van der Waals surface area (Å²) in [5, 5.41) is 4.01. The van der Waals surface area contributed by atoms with E-state index < -0.39 is 18.5 Å². The van der Waals surface area contributed by atoms with Crippen LogP contribution < -0.4 is 0 Å². The topological polar surface area (TPSA) is 88.2 Å². The van der Waals surface area contributed by atoms with E-state index in [1.807, 2.05) is 91.0 Å². The molecule has 0 saturated heterocycles. The van der Waals surface area contributed by atoms with Crippen LogP contribution in [-0.4, -0.2) is 30.7 Å². The van der Waals surface area contributed by atoms with Gasteiger partial charge in [0.05, 0.1) is 11.5 Å². The lowest BCUT2D eigenvalue weighted by Crippen LogP contribution is -2.38. The van der Waals surface area contributed by atoms with Gasteiger partial charge >= 0.3 is 7.60 Å². The van der Waals surface area contributed by atoms with Gasteiger partial charge in [0.25, 0.3) is 0 Å². The summed E-state index contributed by atoms with van der Waals surface area (Å²) in [5.74, 6) is 0.326. The molecular weight excluding hydrogens is 445 g/mol. The summed E-state index contributed by atoms with van der Waals surface area (Å²) in [7, 11) is -4.16. The number of nitrogens with zero attached hydrogens (tertiary/aromatic N) is 3. The maximum Gasteiger partial charge on any atom is 0.325 e. The maximum atomic E-state index is 11.3. The summed E-state index contributed by atoms with van der Waals surface area (Å²) >= 11 is 6.43. The van der Waals surface area contributed by atoms with E-state index in [-0.39, 0.29) is 12.6 Å². The second kappa shape index (κ2) is 9.39. The first kappa shape index (κ1) is 22.4. The normalized spacial score (nSPS) is 13.1. The number of alkyl halides is 1. The molecule has 1 atom stereocenters. The van der Waals surface area contributed by atoms with E-state index in [1.165, 1.54) is 0 Å². The van der Waals surface area contributed by atoms with Crippen LogP contribution in [0.5, 0.6) is 0 Å². The summed E-state index contributed by atoms with van der Waals surface area (Å²) < 4.78 is 13.1. The molecule has 4 rings (SSSR count). The minimum Gasteiger partial charge on any atom is -0.324 e. The van der Waals surface area contributed by atoms with E-state index in [1.54, 1.807) is 11.0 Å². The van der Waals surface area contributed by atoms with Crippen molar-refractivity contribution in [3.63, 3.8) is 0 Å². The van der Waals surface area contributed by atoms with Crippen molar-refractivity contribution < 1.29 is 14.4 Å². The zero-order valence-corrected chi connectivity index (χ0v) is 18.8. The third kappa shape index (κ3) is 4.54. The highest BCUT2D eigenvalue weighted by atomic mass is 35.5. The SMILES string of the molecule is O=P(O)(O)CCC(Cl)c1ncn(C(c2ccccc2)(c2ccccc2)c2ccccc2)n1. The van der Waals surface area contributed by atoms with Gasteiger partial charge in [0.15, 0.2) is 5.82 Å². The van der Waals surface area contributed by atoms with E-state index in [4.69, 9.17) is 16.7 Å². The molecule has 2 N–H and O–H groups in total. The van der Waals surface area contributed by atoms with Crippen LogP contribution in [0.4, 0.5) is 0 Å². The fourth-order valence-electron chi connectivity index (χ4n) is 3.93. The number of benzene rings is 3. The molecule has 1 heterocycles. The van der Waals surface area contributed by atoms with E-state index in [0.717, 1.165) is 16.7 Å². The van der Waals surface area contributed by atoms with Gasteiger partial charge in [-0.25, -0.2) is 9.67 Å². The predicted molar refractivity (Wildman–Crippen MR) is 125 cm³/mol. The molecule has 0 bridgehead atoms. The van der Waals surface area contributed by atoms with Crippen molar-refractivity contribution >= 4 is 19.2 Å². The molecule has 164 valence electrons. The van der Waals surface area contributed by atoms with Crippen molar-refractivity contribution in [2.75, 3.05) is 6.16 Å². The molecule has 8 heteroatoms. The average molecular weight is 468 g/mol. The van der Waals surface area contributed by atoms with E-state index in [2.05, 4.69) is 4.98 Å². The molecule has 0 amide bonds. The Balaban J connectivity index is 1.90. The molecule has 0 spiro atoms. The summed E-state index contributed by atoms with van der Waals surface area (Å²) in [5.41, 5.74) is 2.18. The van der Waals surface area contributed by atoms with Gasteiger partial charge in [-0.2, -0.15) is 5.10 Å². The van der Waals surface area contributed by atoms with Crippen LogP contribution in [-0.2, 0) is 10.1 Å². The third-order valence-electron chi connectivity index (χ3n) is 5.38. The minimum atomic E-state index is -4.16. The number of hydrogen-bond acceptors (Lipinski definition) is 3. The number of aromatic nitrogens is 3. The van der Waals surface area contributed by atoms with Crippen LogP contribution in [0, 0.1) is 0 Å². The Morgan fingerprint density at radius 2 is 1.28 bits per heavy atom. The molecule has 4 aromatic rings. The highest BCUT2D eigenvalue weighted by molar-refractivity contribution is 7.51. The van der Waals surface area contributed by atoms with Crippen molar-refractivity contribution in [2.24, 2.45) is 0 Å². The lowest BCUT2D eigenvalue weighted by molar-refractivity contribution is 0.371. The number of hydrogen-bond donors (Lipinski definition) is 2. The van der Waals surface area contributed by atoms with Gasteiger partial charge in [0.1, 0.15) is 11.9 Å². The van der Waals surface area contributed by atoms with Crippen LogP contribution in [0.15, 0.2) is 97.3 Å². The zero-order valence-electron chi connectivity index (χ0n) is 17.2. The molecule has 0 aliphatic rings. The number of halogens is 1. The van der Waals surface area contributed by atoms with Crippen molar-refractivity contribution in [3.8, 4) is 0 Å². The van der Waals surface area contributed by atoms with Gasteiger partial charge in [0, 0.05) is 0 Å². The standard InChI is InChI=1S/C24H23ClN3O3P/c25-22(16-17-32(29,30)31)23-26-18-28(27-23)24(19-10-4-1-5-11-19,20-12-6-2-7-13-20)21-14-8-3-9-15-21/h1-15,18,22H,16-17H2,(H2,29,30,31). The molecule has 0 aliphatic carbocycles. The first-order valence-corrected chi connectivity index (χ1v) is 12.4. The monoisotopic (exact) mass is 467 g/mol. The van der Waals surface area contributed by atoms with E-state index in [0.29, 0.717) is 5.82 Å². The molecule has 0 saturated carbocycles. The van der Waals surface area contributed by atoms with Gasteiger partial charge < -0.3 is 9.79 Å². The molecule has 1 unspecified atom stereocenters. The lowest BCUT2D eigenvalue weighted by atomic mass is 9.77. The first-order chi connectivity index (χ1) is 15.4. The predicted octanol–water partition coefficient (Wildman–Crippen LogP) is 4.97. The average Bonchev–Trinajstić information content (AvgIpc) is 3.30. The Morgan fingerprint density at radius 3 is 1.69 bits per heavy atom. The Hall–Kier alpha value is -2.76. The Labute approximate surface area is 191 Å². The summed E-state index contributed by atoms with van der Waals surface area (Å²) in [6.45, 7) is 0. The van der Waals surface area contributed by atoms with Crippen molar-refractivity contribution in [2.45, 2.75) is 17.3 Å². The summed E-state index contributed by atoms with van der Waals surface area (Å²) in [6, 6.07) is 30.1. The molecule has 6 nitrogen and oxygen atoms in total. The van der Waals surface area contributed by atoms with Gasteiger partial charge in [0.2, 0.25) is 0 Å². The van der Waals surface area contributed by atoms with Crippen LogP contribution in [0.3, 0.4) is 0 Å². The third-order valence-corrected chi connectivity index (χ3v) is 6.64. The second-order valence-corrected chi connectivity index (χ2v) is 9.80. The highest BCUT2D eigenvalue weighted by Crippen LogP contribution is 2.41. The molecule has 0 fully saturated rings. The van der Waals surface area contributed by atoms with Gasteiger partial charge in [-0.05, 0) is 23.1 Å². The molecule has 32 heavy (non-hydrogen) atoms. The summed E-state index contributed by atoms with van der Waals surface area (Å²) in [4.78, 5) is 22.8. The largest absolute Gasteiger partial charge is 0.325 e. The fourth-order valence-corrected chi connectivity index (χ4v) is 4.88. The molecule has 0 radical (unpaired) electrons. The van der Waals surface area contributed by atoms with Crippen LogP contribution in [0.2, 0.25) is 0 Å². The Bertz CT molecular complexity index is 1100. The van der Waals surface area contributed by atoms with Crippen LogP contribution in [0.25, 0.3) is 0 Å². The van der Waals surface area contributed by atoms with Crippen molar-refractivity contribution in [1.82, 2.24) is 14.8 Å². The first-order valence-electron chi connectivity index (χ1n) is 10.2. The maximum absolute atomic E-state index is 11.3. The smallest absolute Gasteiger partial charge is 0.324 e. The van der Waals surface area contributed by atoms with E-state index in [9.17, 15) is 14.4 Å². The van der Waals surface area contributed by atoms with Crippen LogP contribution in [0.1, 0.15) is 34.3 Å². The number of rotatable bonds is 8. The molecule has 1 aromatic heterocycles.